The van der Waals surface area contributed by atoms with Crippen LogP contribution in [0, 0.1) is 5.92 Å². The first-order chi connectivity index (χ1) is 10.1. The predicted octanol–water partition coefficient (Wildman–Crippen LogP) is 1.99. The smallest absolute Gasteiger partial charge is 0.282 e. The van der Waals surface area contributed by atoms with Gasteiger partial charge in [0, 0.05) is 31.7 Å². The number of piperidine rings is 2. The zero-order chi connectivity index (χ0) is 14.9. The van der Waals surface area contributed by atoms with Gasteiger partial charge >= 0.3 is 0 Å². The van der Waals surface area contributed by atoms with Crippen molar-refractivity contribution in [2.75, 3.05) is 26.2 Å². The Morgan fingerprint density at radius 1 is 0.955 bits per heavy atom. The molecule has 3 fully saturated rings. The highest BCUT2D eigenvalue weighted by Crippen LogP contribution is 2.29. The van der Waals surface area contributed by atoms with Crippen LogP contribution in [0.3, 0.4) is 0 Å². The summed E-state index contributed by atoms with van der Waals surface area (Å²) in [4.78, 5) is 0. The average molecular weight is 352 g/mol. The van der Waals surface area contributed by atoms with E-state index < -0.39 is 10.2 Å². The highest BCUT2D eigenvalue weighted by Gasteiger charge is 2.38. The normalized spacial score (nSPS) is 32.8. The fourth-order valence-corrected chi connectivity index (χ4v) is 6.07. The van der Waals surface area contributed by atoms with Crippen molar-refractivity contribution in [1.29, 1.82) is 0 Å². The Kier molecular flexibility index (Phi) is 6.54. The van der Waals surface area contributed by atoms with Gasteiger partial charge in [0.05, 0.1) is 0 Å². The Morgan fingerprint density at radius 3 is 2.27 bits per heavy atom. The Labute approximate surface area is 141 Å². The molecule has 0 aromatic carbocycles. The van der Waals surface area contributed by atoms with Crippen molar-refractivity contribution < 1.29 is 8.42 Å². The Bertz CT molecular complexity index is 446. The second-order valence-electron chi connectivity index (χ2n) is 6.90. The SMILES string of the molecule is CC1CCCCN1S(=O)(=O)N1CCC(C2CCCN2)CC1.Cl. The molecule has 0 aromatic heterocycles. The highest BCUT2D eigenvalue weighted by atomic mass is 35.5. The summed E-state index contributed by atoms with van der Waals surface area (Å²) < 4.78 is 29.1. The summed E-state index contributed by atoms with van der Waals surface area (Å²) in [6.07, 6.45) is 7.73. The van der Waals surface area contributed by atoms with Crippen molar-refractivity contribution in [3.05, 3.63) is 0 Å². The van der Waals surface area contributed by atoms with Gasteiger partial charge in [-0.3, -0.25) is 0 Å². The van der Waals surface area contributed by atoms with Gasteiger partial charge in [-0.05, 0) is 57.9 Å². The molecule has 0 bridgehead atoms. The number of hydrogen-bond donors (Lipinski definition) is 1. The fraction of sp³-hybridized carbons (Fsp3) is 1.00. The van der Waals surface area contributed by atoms with Crippen LogP contribution in [-0.4, -0.2) is 55.3 Å². The Hall–Kier alpha value is 0.120. The molecule has 2 unspecified atom stereocenters. The third-order valence-corrected chi connectivity index (χ3v) is 7.68. The summed E-state index contributed by atoms with van der Waals surface area (Å²) in [5, 5.41) is 3.57. The van der Waals surface area contributed by atoms with E-state index >= 15 is 0 Å². The maximum absolute atomic E-state index is 12.8. The van der Waals surface area contributed by atoms with Crippen molar-refractivity contribution in [3.8, 4) is 0 Å². The van der Waals surface area contributed by atoms with Crippen LogP contribution >= 0.6 is 12.4 Å². The van der Waals surface area contributed by atoms with Crippen LogP contribution in [0.1, 0.15) is 51.9 Å². The third kappa shape index (κ3) is 3.78. The quantitative estimate of drug-likeness (QED) is 0.846. The molecular weight excluding hydrogens is 322 g/mol. The molecule has 0 spiro atoms. The molecule has 0 aromatic rings. The molecule has 3 saturated heterocycles. The first-order valence-electron chi connectivity index (χ1n) is 8.59. The maximum Gasteiger partial charge on any atom is 0.282 e. The zero-order valence-corrected chi connectivity index (χ0v) is 15.2. The molecule has 0 aliphatic carbocycles. The number of rotatable bonds is 3. The van der Waals surface area contributed by atoms with Crippen LogP contribution in [0.15, 0.2) is 0 Å². The lowest BCUT2D eigenvalue weighted by molar-refractivity contribution is 0.202. The van der Waals surface area contributed by atoms with Crippen molar-refractivity contribution in [2.45, 2.75) is 64.0 Å². The van der Waals surface area contributed by atoms with E-state index in [1.54, 1.807) is 8.61 Å². The average Bonchev–Trinajstić information content (AvgIpc) is 3.02. The van der Waals surface area contributed by atoms with E-state index in [1.165, 1.54) is 12.8 Å². The van der Waals surface area contributed by atoms with Crippen molar-refractivity contribution in [2.24, 2.45) is 5.92 Å². The molecule has 0 radical (unpaired) electrons. The van der Waals surface area contributed by atoms with Gasteiger partial charge in [-0.2, -0.15) is 17.0 Å². The zero-order valence-electron chi connectivity index (χ0n) is 13.5. The molecule has 0 amide bonds. The van der Waals surface area contributed by atoms with Crippen LogP contribution in [-0.2, 0) is 10.2 Å². The predicted molar refractivity (Wildman–Crippen MR) is 91.5 cm³/mol. The van der Waals surface area contributed by atoms with Crippen LogP contribution in [0.2, 0.25) is 0 Å². The molecule has 3 aliphatic rings. The lowest BCUT2D eigenvalue weighted by atomic mass is 9.89. The minimum Gasteiger partial charge on any atom is -0.314 e. The fourth-order valence-electron chi connectivity index (χ4n) is 4.19. The topological polar surface area (TPSA) is 52.7 Å². The van der Waals surface area contributed by atoms with Gasteiger partial charge in [-0.15, -0.1) is 12.4 Å². The van der Waals surface area contributed by atoms with Gasteiger partial charge in [0.25, 0.3) is 10.2 Å². The maximum atomic E-state index is 12.8. The van der Waals surface area contributed by atoms with Gasteiger partial charge in [0.2, 0.25) is 0 Å². The highest BCUT2D eigenvalue weighted by molar-refractivity contribution is 7.86. The monoisotopic (exact) mass is 351 g/mol. The van der Waals surface area contributed by atoms with Crippen LogP contribution in [0.25, 0.3) is 0 Å². The largest absolute Gasteiger partial charge is 0.314 e. The lowest BCUT2D eigenvalue weighted by Crippen LogP contribution is -2.52. The first kappa shape index (κ1) is 18.5. The first-order valence-corrected chi connectivity index (χ1v) is 9.99. The second kappa shape index (κ2) is 7.79. The molecule has 0 saturated carbocycles. The summed E-state index contributed by atoms with van der Waals surface area (Å²) in [5.41, 5.74) is 0. The van der Waals surface area contributed by atoms with Gasteiger partial charge in [0.1, 0.15) is 0 Å². The van der Waals surface area contributed by atoms with Crippen LogP contribution in [0.5, 0.6) is 0 Å². The summed E-state index contributed by atoms with van der Waals surface area (Å²) in [6.45, 7) is 5.29. The second-order valence-corrected chi connectivity index (χ2v) is 8.78. The number of halogens is 1. The third-order valence-electron chi connectivity index (χ3n) is 5.53. The van der Waals surface area contributed by atoms with Gasteiger partial charge in [-0.25, -0.2) is 0 Å². The van der Waals surface area contributed by atoms with Gasteiger partial charge in [0.15, 0.2) is 0 Å². The molecule has 1 N–H and O–H groups in total. The molecular formula is C15H30ClN3O2S. The molecule has 2 atom stereocenters. The summed E-state index contributed by atoms with van der Waals surface area (Å²) >= 11 is 0. The van der Waals surface area contributed by atoms with Crippen LogP contribution in [0.4, 0.5) is 0 Å². The van der Waals surface area contributed by atoms with Crippen molar-refractivity contribution in [3.63, 3.8) is 0 Å². The minimum atomic E-state index is -3.23. The van der Waals surface area contributed by atoms with E-state index in [0.717, 1.165) is 38.6 Å². The standard InChI is InChI=1S/C15H29N3O2S.ClH/c1-13-5-2-3-10-18(13)21(19,20)17-11-7-14(8-12-17)15-6-4-9-16-15;/h13-16H,2-12H2,1H3;1H. The molecule has 3 heterocycles. The molecule has 5 nitrogen and oxygen atoms in total. The van der Waals surface area contributed by atoms with Crippen molar-refractivity contribution in [1.82, 2.24) is 13.9 Å². The van der Waals surface area contributed by atoms with E-state index in [1.807, 2.05) is 6.92 Å². The van der Waals surface area contributed by atoms with Gasteiger partial charge in [-0.1, -0.05) is 6.42 Å². The van der Waals surface area contributed by atoms with E-state index in [0.29, 0.717) is 31.6 Å². The lowest BCUT2D eigenvalue weighted by Gasteiger charge is -2.40. The van der Waals surface area contributed by atoms with E-state index in [4.69, 9.17) is 0 Å². The van der Waals surface area contributed by atoms with E-state index in [9.17, 15) is 8.42 Å². The summed E-state index contributed by atoms with van der Waals surface area (Å²) in [7, 11) is -3.23. The number of nitrogens with one attached hydrogen (secondary N) is 1. The molecule has 7 heteroatoms. The van der Waals surface area contributed by atoms with Crippen molar-refractivity contribution >= 4 is 22.6 Å². The number of nitrogens with zero attached hydrogens (tertiary/aromatic N) is 2. The molecule has 130 valence electrons. The minimum absolute atomic E-state index is 0. The summed E-state index contributed by atoms with van der Waals surface area (Å²) in [5.74, 6) is 0.665. The van der Waals surface area contributed by atoms with E-state index in [2.05, 4.69) is 5.32 Å². The molecule has 3 rings (SSSR count). The summed E-state index contributed by atoms with van der Waals surface area (Å²) in [6, 6.07) is 0.793. The van der Waals surface area contributed by atoms with Crippen LogP contribution < -0.4 is 5.32 Å². The Morgan fingerprint density at radius 2 is 1.68 bits per heavy atom. The van der Waals surface area contributed by atoms with E-state index in [-0.39, 0.29) is 18.4 Å². The Balaban J connectivity index is 0.00000176. The van der Waals surface area contributed by atoms with Gasteiger partial charge < -0.3 is 5.32 Å². The molecule has 22 heavy (non-hydrogen) atoms. The molecule has 3 aliphatic heterocycles. The number of hydrogen-bond acceptors (Lipinski definition) is 3.